The molecule has 0 rings (SSSR count). The second-order valence-electron chi connectivity index (χ2n) is 15.4. The standard InChI is InChI=1S/C46H87NO5/c1-3-5-7-9-11-13-15-20-24-28-32-36-40-46(51)52-41-37-33-29-25-21-17-16-19-23-27-31-35-39-45(50)47-43(42-48)44(49)38-34-30-26-22-18-14-12-10-8-6-4-2/h17,21,34,38,43-44,48-49H,3-16,18-20,22-33,35-37,39-42H2,1-2H3,(H,47,50)/b21-17-,38-34+. The van der Waals surface area contributed by atoms with Gasteiger partial charge in [-0.3, -0.25) is 9.59 Å². The van der Waals surface area contributed by atoms with Gasteiger partial charge in [0.15, 0.2) is 0 Å². The number of esters is 1. The molecule has 6 heteroatoms. The average molecular weight is 734 g/mol. The van der Waals surface area contributed by atoms with Crippen molar-refractivity contribution < 1.29 is 24.5 Å². The number of rotatable bonds is 41. The Kier molecular flexibility index (Phi) is 40.7. The Hall–Kier alpha value is -1.66. The highest BCUT2D eigenvalue weighted by Gasteiger charge is 2.18. The van der Waals surface area contributed by atoms with Crippen LogP contribution >= 0.6 is 0 Å². The molecule has 0 aliphatic carbocycles. The third-order valence-corrected chi connectivity index (χ3v) is 10.2. The maximum atomic E-state index is 12.4. The smallest absolute Gasteiger partial charge is 0.305 e. The van der Waals surface area contributed by atoms with Gasteiger partial charge in [0.05, 0.1) is 25.4 Å². The molecule has 3 N–H and O–H groups in total. The van der Waals surface area contributed by atoms with E-state index >= 15 is 0 Å². The fraction of sp³-hybridized carbons (Fsp3) is 0.870. The van der Waals surface area contributed by atoms with Gasteiger partial charge in [-0.2, -0.15) is 0 Å². The van der Waals surface area contributed by atoms with Crippen molar-refractivity contribution >= 4 is 11.9 Å². The molecule has 6 nitrogen and oxygen atoms in total. The molecule has 0 bridgehead atoms. The number of hydrogen-bond donors (Lipinski definition) is 3. The molecule has 0 radical (unpaired) electrons. The third kappa shape index (κ3) is 38.1. The number of carbonyl (C=O) groups excluding carboxylic acids is 2. The van der Waals surface area contributed by atoms with Crippen molar-refractivity contribution in [2.75, 3.05) is 13.2 Å². The van der Waals surface area contributed by atoms with E-state index in [0.29, 0.717) is 19.4 Å². The Labute approximate surface area is 322 Å². The van der Waals surface area contributed by atoms with Gasteiger partial charge in [0.2, 0.25) is 5.91 Å². The molecular weight excluding hydrogens is 647 g/mol. The molecular formula is C46H87NO5. The van der Waals surface area contributed by atoms with Gasteiger partial charge in [-0.05, 0) is 64.2 Å². The Morgan fingerprint density at radius 3 is 1.37 bits per heavy atom. The first-order valence-corrected chi connectivity index (χ1v) is 22.6. The fourth-order valence-electron chi connectivity index (χ4n) is 6.68. The van der Waals surface area contributed by atoms with Crippen LogP contribution in [0.3, 0.4) is 0 Å². The van der Waals surface area contributed by atoms with Crippen molar-refractivity contribution in [3.8, 4) is 0 Å². The summed E-state index contributed by atoms with van der Waals surface area (Å²) in [6.07, 6.45) is 47.3. The van der Waals surface area contributed by atoms with Crippen molar-refractivity contribution in [1.29, 1.82) is 0 Å². The Morgan fingerprint density at radius 1 is 0.519 bits per heavy atom. The summed E-state index contributed by atoms with van der Waals surface area (Å²) in [7, 11) is 0. The van der Waals surface area contributed by atoms with E-state index in [9.17, 15) is 19.8 Å². The summed E-state index contributed by atoms with van der Waals surface area (Å²) >= 11 is 0. The van der Waals surface area contributed by atoms with Crippen LogP contribution in [-0.4, -0.2) is 47.4 Å². The van der Waals surface area contributed by atoms with Gasteiger partial charge >= 0.3 is 5.97 Å². The van der Waals surface area contributed by atoms with Gasteiger partial charge in [-0.15, -0.1) is 0 Å². The zero-order valence-corrected chi connectivity index (χ0v) is 34.5. The number of allylic oxidation sites excluding steroid dienone is 3. The molecule has 0 aliphatic rings. The van der Waals surface area contributed by atoms with E-state index in [4.69, 9.17) is 4.74 Å². The molecule has 0 fully saturated rings. The molecule has 0 aromatic carbocycles. The van der Waals surface area contributed by atoms with E-state index in [2.05, 4.69) is 31.3 Å². The Morgan fingerprint density at radius 2 is 0.904 bits per heavy atom. The number of carbonyl (C=O) groups is 2. The molecule has 2 unspecified atom stereocenters. The molecule has 52 heavy (non-hydrogen) atoms. The van der Waals surface area contributed by atoms with Crippen molar-refractivity contribution in [2.24, 2.45) is 0 Å². The van der Waals surface area contributed by atoms with Crippen LogP contribution in [0.2, 0.25) is 0 Å². The monoisotopic (exact) mass is 734 g/mol. The Bertz CT molecular complexity index is 813. The zero-order chi connectivity index (χ0) is 38.0. The molecule has 0 spiro atoms. The molecule has 1 amide bonds. The minimum atomic E-state index is -0.857. The lowest BCUT2D eigenvalue weighted by molar-refractivity contribution is -0.143. The van der Waals surface area contributed by atoms with E-state index in [0.717, 1.165) is 83.5 Å². The summed E-state index contributed by atoms with van der Waals surface area (Å²) in [6, 6.07) is -0.644. The highest BCUT2D eigenvalue weighted by Crippen LogP contribution is 2.14. The average Bonchev–Trinajstić information content (AvgIpc) is 3.14. The lowest BCUT2D eigenvalue weighted by Crippen LogP contribution is -2.45. The molecule has 0 heterocycles. The lowest BCUT2D eigenvalue weighted by Gasteiger charge is -2.20. The normalized spacial score (nSPS) is 12.9. The molecule has 0 aromatic heterocycles. The van der Waals surface area contributed by atoms with E-state index in [1.165, 1.54) is 122 Å². The summed E-state index contributed by atoms with van der Waals surface area (Å²) < 4.78 is 5.42. The van der Waals surface area contributed by atoms with Gasteiger partial charge in [-0.25, -0.2) is 0 Å². The quantitative estimate of drug-likeness (QED) is 0.0330. The van der Waals surface area contributed by atoms with E-state index in [1.54, 1.807) is 6.08 Å². The van der Waals surface area contributed by atoms with E-state index < -0.39 is 12.1 Å². The van der Waals surface area contributed by atoms with Crippen LogP contribution in [0.4, 0.5) is 0 Å². The number of unbranched alkanes of at least 4 members (excludes halogenated alkanes) is 28. The summed E-state index contributed by atoms with van der Waals surface area (Å²) in [6.45, 7) is 4.81. The second kappa shape index (κ2) is 42.1. The van der Waals surface area contributed by atoms with Crippen molar-refractivity contribution in [1.82, 2.24) is 5.32 Å². The third-order valence-electron chi connectivity index (χ3n) is 10.2. The fourth-order valence-corrected chi connectivity index (χ4v) is 6.68. The number of amides is 1. The molecule has 2 atom stereocenters. The minimum absolute atomic E-state index is 0.0247. The highest BCUT2D eigenvalue weighted by atomic mass is 16.5. The van der Waals surface area contributed by atoms with Crippen LogP contribution in [0.5, 0.6) is 0 Å². The Balaban J connectivity index is 3.55. The van der Waals surface area contributed by atoms with Crippen LogP contribution in [0, 0.1) is 0 Å². The van der Waals surface area contributed by atoms with Gasteiger partial charge in [0.1, 0.15) is 0 Å². The SMILES string of the molecule is CCCCCCCCCCC/C=C/C(O)C(CO)NC(=O)CCCCCCC/C=C\CCCCCOC(=O)CCCCCCCCCCCCCC. The molecule has 306 valence electrons. The number of nitrogens with one attached hydrogen (secondary N) is 1. The maximum Gasteiger partial charge on any atom is 0.305 e. The number of aliphatic hydroxyl groups is 2. The molecule has 0 saturated carbocycles. The van der Waals surface area contributed by atoms with Crippen LogP contribution in [0.15, 0.2) is 24.3 Å². The maximum absolute atomic E-state index is 12.4. The van der Waals surface area contributed by atoms with Gasteiger partial charge in [0, 0.05) is 12.8 Å². The summed E-state index contributed by atoms with van der Waals surface area (Å²) in [4.78, 5) is 24.3. The van der Waals surface area contributed by atoms with Crippen LogP contribution in [0.25, 0.3) is 0 Å². The van der Waals surface area contributed by atoms with E-state index in [1.807, 2.05) is 6.08 Å². The summed E-state index contributed by atoms with van der Waals surface area (Å²) in [5, 5.41) is 22.9. The topological polar surface area (TPSA) is 95.9 Å². The van der Waals surface area contributed by atoms with Crippen molar-refractivity contribution in [2.45, 2.75) is 244 Å². The predicted octanol–water partition coefficient (Wildman–Crippen LogP) is 12.8. The first-order valence-electron chi connectivity index (χ1n) is 22.6. The van der Waals surface area contributed by atoms with Crippen molar-refractivity contribution in [3.63, 3.8) is 0 Å². The van der Waals surface area contributed by atoms with Crippen LogP contribution in [-0.2, 0) is 14.3 Å². The second-order valence-corrected chi connectivity index (χ2v) is 15.4. The molecule has 0 saturated heterocycles. The lowest BCUT2D eigenvalue weighted by atomic mass is 10.0. The van der Waals surface area contributed by atoms with Gasteiger partial charge in [0.25, 0.3) is 0 Å². The predicted molar refractivity (Wildman–Crippen MR) is 223 cm³/mol. The van der Waals surface area contributed by atoms with Gasteiger partial charge < -0.3 is 20.3 Å². The highest BCUT2D eigenvalue weighted by molar-refractivity contribution is 5.76. The number of hydrogen-bond acceptors (Lipinski definition) is 5. The zero-order valence-electron chi connectivity index (χ0n) is 34.5. The largest absolute Gasteiger partial charge is 0.466 e. The first kappa shape index (κ1) is 50.3. The number of aliphatic hydroxyl groups excluding tert-OH is 2. The molecule has 0 aliphatic heterocycles. The first-order chi connectivity index (χ1) is 25.5. The van der Waals surface area contributed by atoms with Crippen LogP contribution < -0.4 is 5.32 Å². The number of ether oxygens (including phenoxy) is 1. The summed E-state index contributed by atoms with van der Waals surface area (Å²) in [5.74, 6) is -0.121. The summed E-state index contributed by atoms with van der Waals surface area (Å²) in [5.41, 5.74) is 0. The van der Waals surface area contributed by atoms with Crippen LogP contribution in [0.1, 0.15) is 232 Å². The van der Waals surface area contributed by atoms with E-state index in [-0.39, 0.29) is 18.5 Å². The van der Waals surface area contributed by atoms with Gasteiger partial charge in [-0.1, -0.05) is 179 Å². The van der Waals surface area contributed by atoms with Crippen molar-refractivity contribution in [3.05, 3.63) is 24.3 Å². The molecule has 0 aromatic rings. The minimum Gasteiger partial charge on any atom is -0.466 e.